The van der Waals surface area contributed by atoms with Crippen molar-refractivity contribution in [2.24, 2.45) is 11.1 Å². The minimum Gasteiger partial charge on any atom is -0.497 e. The van der Waals surface area contributed by atoms with Gasteiger partial charge >= 0.3 is 0 Å². The molecule has 2 N–H and O–H groups in total. The first-order valence-corrected chi connectivity index (χ1v) is 7.28. The third kappa shape index (κ3) is 4.20. The van der Waals surface area contributed by atoms with Crippen molar-refractivity contribution in [3.8, 4) is 5.75 Å². The Morgan fingerprint density at radius 1 is 1.35 bits per heavy atom. The van der Waals surface area contributed by atoms with Crippen LogP contribution in [0.1, 0.15) is 12.5 Å². The lowest BCUT2D eigenvalue weighted by Gasteiger charge is -2.36. The molecule has 2 rings (SSSR count). The maximum atomic E-state index is 6.05. The summed E-state index contributed by atoms with van der Waals surface area (Å²) in [4.78, 5) is 2.45. The summed E-state index contributed by atoms with van der Waals surface area (Å²) in [5.74, 6) is 0.910. The molecule has 4 nitrogen and oxygen atoms in total. The van der Waals surface area contributed by atoms with Gasteiger partial charge in [0.2, 0.25) is 0 Å². The lowest BCUT2D eigenvalue weighted by Crippen LogP contribution is -2.46. The Bertz CT molecular complexity index is 419. The molecule has 0 aliphatic carbocycles. The van der Waals surface area contributed by atoms with E-state index in [0.29, 0.717) is 6.54 Å². The van der Waals surface area contributed by atoms with E-state index in [1.165, 1.54) is 5.56 Å². The second-order valence-electron chi connectivity index (χ2n) is 5.93. The number of methoxy groups -OCH3 is 1. The van der Waals surface area contributed by atoms with Gasteiger partial charge < -0.3 is 15.2 Å². The Labute approximate surface area is 121 Å². The van der Waals surface area contributed by atoms with Crippen LogP contribution in [0.2, 0.25) is 0 Å². The van der Waals surface area contributed by atoms with E-state index in [4.69, 9.17) is 15.2 Å². The zero-order valence-corrected chi connectivity index (χ0v) is 12.6. The highest BCUT2D eigenvalue weighted by Crippen LogP contribution is 2.25. The summed E-state index contributed by atoms with van der Waals surface area (Å²) in [6.45, 7) is 7.65. The standard InChI is InChI=1S/C16H26N2O2/c1-16(12-17,13-18-6-8-20-9-7-18)11-14-4-3-5-15(10-14)19-2/h3-5,10H,6-9,11-13,17H2,1-2H3. The van der Waals surface area contributed by atoms with Crippen molar-refractivity contribution in [2.45, 2.75) is 13.3 Å². The molecule has 1 aromatic rings. The van der Waals surface area contributed by atoms with E-state index < -0.39 is 0 Å². The van der Waals surface area contributed by atoms with E-state index in [1.807, 2.05) is 12.1 Å². The van der Waals surface area contributed by atoms with Crippen LogP contribution in [-0.2, 0) is 11.2 Å². The summed E-state index contributed by atoms with van der Waals surface area (Å²) in [7, 11) is 1.70. The number of morpholine rings is 1. The van der Waals surface area contributed by atoms with E-state index in [0.717, 1.165) is 45.0 Å². The molecule has 0 aromatic heterocycles. The van der Waals surface area contributed by atoms with Gasteiger partial charge in [-0.3, -0.25) is 4.90 Å². The second-order valence-corrected chi connectivity index (χ2v) is 5.93. The van der Waals surface area contributed by atoms with Crippen LogP contribution in [0.25, 0.3) is 0 Å². The van der Waals surface area contributed by atoms with Crippen molar-refractivity contribution in [2.75, 3.05) is 46.5 Å². The molecule has 20 heavy (non-hydrogen) atoms. The number of rotatable bonds is 6. The van der Waals surface area contributed by atoms with Crippen LogP contribution in [0, 0.1) is 5.41 Å². The van der Waals surface area contributed by atoms with Crippen LogP contribution in [0.15, 0.2) is 24.3 Å². The number of hydrogen-bond acceptors (Lipinski definition) is 4. The summed E-state index contributed by atoms with van der Waals surface area (Å²) in [6, 6.07) is 8.27. The van der Waals surface area contributed by atoms with Crippen molar-refractivity contribution in [1.82, 2.24) is 4.90 Å². The van der Waals surface area contributed by atoms with Gasteiger partial charge in [0.15, 0.2) is 0 Å². The van der Waals surface area contributed by atoms with Gasteiger partial charge in [-0.15, -0.1) is 0 Å². The Balaban J connectivity index is 2.01. The van der Waals surface area contributed by atoms with E-state index in [1.54, 1.807) is 7.11 Å². The van der Waals surface area contributed by atoms with Crippen molar-refractivity contribution in [3.05, 3.63) is 29.8 Å². The molecular formula is C16H26N2O2. The number of nitrogens with zero attached hydrogens (tertiary/aromatic N) is 1. The molecule has 0 amide bonds. The second kappa shape index (κ2) is 7.07. The van der Waals surface area contributed by atoms with Gasteiger partial charge in [-0.2, -0.15) is 0 Å². The monoisotopic (exact) mass is 278 g/mol. The molecule has 1 saturated heterocycles. The predicted molar refractivity (Wildman–Crippen MR) is 81.1 cm³/mol. The molecule has 0 spiro atoms. The maximum Gasteiger partial charge on any atom is 0.119 e. The number of benzene rings is 1. The van der Waals surface area contributed by atoms with Crippen LogP contribution in [0.3, 0.4) is 0 Å². The fourth-order valence-electron chi connectivity index (χ4n) is 2.77. The molecule has 0 bridgehead atoms. The van der Waals surface area contributed by atoms with E-state index >= 15 is 0 Å². The van der Waals surface area contributed by atoms with Crippen LogP contribution in [0.4, 0.5) is 0 Å². The summed E-state index contributed by atoms with van der Waals surface area (Å²) >= 11 is 0. The van der Waals surface area contributed by atoms with Crippen LogP contribution < -0.4 is 10.5 Å². The van der Waals surface area contributed by atoms with Crippen LogP contribution in [0.5, 0.6) is 5.75 Å². The van der Waals surface area contributed by atoms with E-state index in [9.17, 15) is 0 Å². The topological polar surface area (TPSA) is 47.7 Å². The van der Waals surface area contributed by atoms with Gasteiger partial charge in [-0.25, -0.2) is 0 Å². The number of nitrogens with two attached hydrogens (primary N) is 1. The predicted octanol–water partition coefficient (Wildman–Crippen LogP) is 1.53. The highest BCUT2D eigenvalue weighted by Gasteiger charge is 2.27. The molecule has 0 radical (unpaired) electrons. The quantitative estimate of drug-likeness (QED) is 0.857. The van der Waals surface area contributed by atoms with Crippen LogP contribution >= 0.6 is 0 Å². The molecule has 1 aromatic carbocycles. The van der Waals surface area contributed by atoms with Gasteiger partial charge in [0.1, 0.15) is 5.75 Å². The summed E-state index contributed by atoms with van der Waals surface area (Å²) < 4.78 is 10.7. The highest BCUT2D eigenvalue weighted by atomic mass is 16.5. The van der Waals surface area contributed by atoms with Gasteiger partial charge in [-0.05, 0) is 36.1 Å². The molecule has 1 atom stereocenters. The van der Waals surface area contributed by atoms with Crippen molar-refractivity contribution in [3.63, 3.8) is 0 Å². The molecule has 4 heteroatoms. The summed E-state index contributed by atoms with van der Waals surface area (Å²) in [5.41, 5.74) is 7.42. The van der Waals surface area contributed by atoms with Crippen molar-refractivity contribution >= 4 is 0 Å². The average Bonchev–Trinajstić information content (AvgIpc) is 2.48. The fraction of sp³-hybridized carbons (Fsp3) is 0.625. The first-order chi connectivity index (χ1) is 9.65. The minimum atomic E-state index is 0.0870. The van der Waals surface area contributed by atoms with Gasteiger partial charge in [0.25, 0.3) is 0 Å². The SMILES string of the molecule is COc1cccc(CC(C)(CN)CN2CCOCC2)c1. The zero-order chi connectivity index (χ0) is 14.4. The third-order valence-corrected chi connectivity index (χ3v) is 3.97. The fourth-order valence-corrected chi connectivity index (χ4v) is 2.77. The minimum absolute atomic E-state index is 0.0870. The first-order valence-electron chi connectivity index (χ1n) is 7.28. The highest BCUT2D eigenvalue weighted by molar-refractivity contribution is 5.29. The molecular weight excluding hydrogens is 252 g/mol. The first kappa shape index (κ1) is 15.3. The lowest BCUT2D eigenvalue weighted by molar-refractivity contribution is 0.0198. The molecule has 112 valence electrons. The normalized spacial score (nSPS) is 19.6. The molecule has 1 aliphatic heterocycles. The van der Waals surface area contributed by atoms with E-state index in [2.05, 4.69) is 24.0 Å². The third-order valence-electron chi connectivity index (χ3n) is 3.97. The summed E-state index contributed by atoms with van der Waals surface area (Å²) in [6.07, 6.45) is 0.970. The molecule has 1 heterocycles. The maximum absolute atomic E-state index is 6.05. The molecule has 1 unspecified atom stereocenters. The molecule has 0 saturated carbocycles. The Kier molecular flexibility index (Phi) is 5.40. The van der Waals surface area contributed by atoms with Gasteiger partial charge in [0, 0.05) is 19.6 Å². The van der Waals surface area contributed by atoms with Crippen molar-refractivity contribution < 1.29 is 9.47 Å². The zero-order valence-electron chi connectivity index (χ0n) is 12.6. The number of ether oxygens (including phenoxy) is 2. The smallest absolute Gasteiger partial charge is 0.119 e. The number of hydrogen-bond donors (Lipinski definition) is 1. The Morgan fingerprint density at radius 3 is 2.75 bits per heavy atom. The Morgan fingerprint density at radius 2 is 2.10 bits per heavy atom. The van der Waals surface area contributed by atoms with Gasteiger partial charge in [-0.1, -0.05) is 19.1 Å². The average molecular weight is 278 g/mol. The van der Waals surface area contributed by atoms with Crippen molar-refractivity contribution in [1.29, 1.82) is 0 Å². The Hall–Kier alpha value is -1.10. The van der Waals surface area contributed by atoms with E-state index in [-0.39, 0.29) is 5.41 Å². The van der Waals surface area contributed by atoms with Gasteiger partial charge in [0.05, 0.1) is 20.3 Å². The molecule has 1 fully saturated rings. The van der Waals surface area contributed by atoms with Crippen LogP contribution in [-0.4, -0.2) is 51.4 Å². The lowest BCUT2D eigenvalue weighted by atomic mass is 9.83. The largest absolute Gasteiger partial charge is 0.497 e. The summed E-state index contributed by atoms with van der Waals surface area (Å²) in [5, 5.41) is 0. The molecule has 1 aliphatic rings.